The predicted octanol–water partition coefficient (Wildman–Crippen LogP) is 1.24. The Morgan fingerprint density at radius 3 is 2.65 bits per heavy atom. The van der Waals surface area contributed by atoms with Gasteiger partial charge in [0, 0.05) is 24.9 Å². The molecule has 0 fully saturated rings. The van der Waals surface area contributed by atoms with Gasteiger partial charge in [-0.25, -0.2) is 19.0 Å². The molecule has 1 aromatic carbocycles. The molecule has 0 aliphatic carbocycles. The number of amides is 1. The zero-order valence-corrected chi connectivity index (χ0v) is 16.6. The number of nitrogens with two attached hydrogens (primary N) is 1. The lowest BCUT2D eigenvalue weighted by atomic mass is 9.90. The summed E-state index contributed by atoms with van der Waals surface area (Å²) in [6.45, 7) is -0.804. The summed E-state index contributed by atoms with van der Waals surface area (Å²) in [4.78, 5) is 35.5. The quantitative estimate of drug-likeness (QED) is 0.656. The SMILES string of the molecule is CN1C(=O)C(c2cnc(-n3cnn(CC(CN)=C(F)F)c3=O)cn2)Cc2ccccc21. The van der Waals surface area contributed by atoms with E-state index in [1.54, 1.807) is 11.9 Å². The molecule has 0 saturated heterocycles. The van der Waals surface area contributed by atoms with Gasteiger partial charge < -0.3 is 10.6 Å². The van der Waals surface area contributed by atoms with E-state index in [1.807, 2.05) is 24.3 Å². The number of anilines is 1. The maximum atomic E-state index is 12.8. The number of hydrogen-bond donors (Lipinski definition) is 1. The van der Waals surface area contributed by atoms with Gasteiger partial charge in [-0.2, -0.15) is 13.9 Å². The summed E-state index contributed by atoms with van der Waals surface area (Å²) >= 11 is 0. The van der Waals surface area contributed by atoms with Gasteiger partial charge in [0.15, 0.2) is 5.82 Å². The molecule has 160 valence electrons. The maximum Gasteiger partial charge on any atom is 0.351 e. The van der Waals surface area contributed by atoms with Crippen molar-refractivity contribution in [3.8, 4) is 5.82 Å². The van der Waals surface area contributed by atoms with Crippen LogP contribution in [0.5, 0.6) is 0 Å². The Bertz CT molecular complexity index is 1210. The van der Waals surface area contributed by atoms with E-state index in [9.17, 15) is 18.4 Å². The van der Waals surface area contributed by atoms with Crippen molar-refractivity contribution in [1.82, 2.24) is 24.3 Å². The molecular weight excluding hydrogens is 408 g/mol. The van der Waals surface area contributed by atoms with E-state index >= 15 is 0 Å². The summed E-state index contributed by atoms with van der Waals surface area (Å²) in [6.07, 6.45) is 2.53. The van der Waals surface area contributed by atoms with E-state index in [0.29, 0.717) is 12.1 Å². The zero-order valence-electron chi connectivity index (χ0n) is 16.6. The van der Waals surface area contributed by atoms with Crippen LogP contribution in [-0.4, -0.2) is 43.8 Å². The number of aromatic nitrogens is 5. The summed E-state index contributed by atoms with van der Waals surface area (Å²) < 4.78 is 27.6. The second-order valence-electron chi connectivity index (χ2n) is 7.09. The smallest absolute Gasteiger partial charge is 0.327 e. The minimum atomic E-state index is -1.93. The molecule has 1 atom stereocenters. The van der Waals surface area contributed by atoms with Crippen molar-refractivity contribution in [2.75, 3.05) is 18.5 Å². The second kappa shape index (κ2) is 8.19. The van der Waals surface area contributed by atoms with Gasteiger partial charge in [-0.05, 0) is 18.1 Å². The number of nitrogens with zero attached hydrogens (tertiary/aromatic N) is 6. The number of likely N-dealkylation sites (N-methyl/N-ethyl adjacent to an activating group) is 1. The van der Waals surface area contributed by atoms with E-state index < -0.39 is 24.2 Å². The van der Waals surface area contributed by atoms with Crippen LogP contribution in [0.4, 0.5) is 14.5 Å². The Balaban J connectivity index is 1.59. The lowest BCUT2D eigenvalue weighted by Crippen LogP contribution is -2.37. The lowest BCUT2D eigenvalue weighted by Gasteiger charge is -2.31. The van der Waals surface area contributed by atoms with Gasteiger partial charge >= 0.3 is 5.69 Å². The van der Waals surface area contributed by atoms with Crippen molar-refractivity contribution >= 4 is 11.6 Å². The minimum absolute atomic E-state index is 0.0971. The highest BCUT2D eigenvalue weighted by molar-refractivity contribution is 6.00. The largest absolute Gasteiger partial charge is 0.351 e. The van der Waals surface area contributed by atoms with Gasteiger partial charge in [0.25, 0.3) is 6.08 Å². The van der Waals surface area contributed by atoms with Crippen molar-refractivity contribution in [2.45, 2.75) is 18.9 Å². The van der Waals surface area contributed by atoms with Gasteiger partial charge in [0.05, 0.1) is 30.6 Å². The third-order valence-electron chi connectivity index (χ3n) is 5.26. The number of para-hydroxylation sites is 1. The number of fused-ring (bicyclic) bond motifs is 1. The molecule has 4 rings (SSSR count). The molecule has 2 N–H and O–H groups in total. The Morgan fingerprint density at radius 1 is 1.19 bits per heavy atom. The van der Waals surface area contributed by atoms with E-state index in [1.165, 1.54) is 18.7 Å². The summed E-state index contributed by atoms with van der Waals surface area (Å²) in [5, 5.41) is 3.84. The van der Waals surface area contributed by atoms with Crippen LogP contribution >= 0.6 is 0 Å². The van der Waals surface area contributed by atoms with Crippen molar-refractivity contribution in [2.24, 2.45) is 5.73 Å². The van der Waals surface area contributed by atoms with Crippen molar-refractivity contribution in [3.63, 3.8) is 0 Å². The molecule has 1 aliphatic heterocycles. The number of hydrogen-bond acceptors (Lipinski definition) is 6. The zero-order chi connectivity index (χ0) is 22.1. The molecule has 0 saturated carbocycles. The van der Waals surface area contributed by atoms with Crippen LogP contribution in [0, 0.1) is 0 Å². The third-order valence-corrected chi connectivity index (χ3v) is 5.26. The van der Waals surface area contributed by atoms with Gasteiger partial charge in [-0.15, -0.1) is 0 Å². The summed E-state index contributed by atoms with van der Waals surface area (Å²) in [5.74, 6) is -0.429. The van der Waals surface area contributed by atoms with E-state index in [-0.39, 0.29) is 23.8 Å². The van der Waals surface area contributed by atoms with Crippen LogP contribution in [0.1, 0.15) is 17.2 Å². The number of benzene rings is 1. The lowest BCUT2D eigenvalue weighted by molar-refractivity contribution is -0.120. The first-order chi connectivity index (χ1) is 14.9. The van der Waals surface area contributed by atoms with Crippen LogP contribution < -0.4 is 16.3 Å². The molecule has 9 nitrogen and oxygen atoms in total. The van der Waals surface area contributed by atoms with E-state index in [0.717, 1.165) is 20.5 Å². The Labute approximate surface area is 175 Å². The fraction of sp³-hybridized carbons (Fsp3) is 0.250. The molecule has 3 aromatic rings. The van der Waals surface area contributed by atoms with Gasteiger partial charge in [0.1, 0.15) is 6.33 Å². The molecule has 3 heterocycles. The van der Waals surface area contributed by atoms with Crippen molar-refractivity contribution in [1.29, 1.82) is 0 Å². The minimum Gasteiger partial charge on any atom is -0.327 e. The topological polar surface area (TPSA) is 112 Å². The Hall–Kier alpha value is -3.73. The monoisotopic (exact) mass is 427 g/mol. The Kier molecular flexibility index (Phi) is 5.42. The normalized spacial score (nSPS) is 15.7. The number of halogens is 2. The molecule has 1 amide bonds. The second-order valence-corrected chi connectivity index (χ2v) is 7.09. The average molecular weight is 427 g/mol. The van der Waals surface area contributed by atoms with Crippen LogP contribution in [-0.2, 0) is 17.8 Å². The van der Waals surface area contributed by atoms with Crippen molar-refractivity contribution in [3.05, 3.63) is 76.4 Å². The molecule has 1 aliphatic rings. The van der Waals surface area contributed by atoms with Crippen LogP contribution in [0.15, 0.2) is 59.4 Å². The fourth-order valence-corrected chi connectivity index (χ4v) is 3.52. The first-order valence-electron chi connectivity index (χ1n) is 9.46. The summed E-state index contributed by atoms with van der Waals surface area (Å²) in [5.41, 5.74) is 6.62. The first kappa shape index (κ1) is 20.5. The maximum absolute atomic E-state index is 12.8. The van der Waals surface area contributed by atoms with Gasteiger partial charge in [-0.1, -0.05) is 18.2 Å². The average Bonchev–Trinajstić information content (AvgIpc) is 3.14. The standard InChI is InChI=1S/C20H19F2N7O2/c1-27-16-5-3-2-4-12(16)6-14(19(27)30)15-8-25-17(9-24-15)28-11-26-29(20(28)31)10-13(7-23)18(21)22/h2-5,8-9,11,14H,6-7,10,23H2,1H3. The van der Waals surface area contributed by atoms with Crippen LogP contribution in [0.2, 0.25) is 0 Å². The van der Waals surface area contributed by atoms with E-state index in [4.69, 9.17) is 5.73 Å². The molecule has 31 heavy (non-hydrogen) atoms. The highest BCUT2D eigenvalue weighted by atomic mass is 19.3. The van der Waals surface area contributed by atoms with E-state index in [2.05, 4.69) is 15.1 Å². The number of rotatable bonds is 5. The van der Waals surface area contributed by atoms with Crippen LogP contribution in [0.25, 0.3) is 5.82 Å². The Morgan fingerprint density at radius 2 is 1.97 bits per heavy atom. The molecule has 0 bridgehead atoms. The number of carbonyl (C=O) groups is 1. The fourth-order valence-electron chi connectivity index (χ4n) is 3.52. The summed E-state index contributed by atoms with van der Waals surface area (Å²) in [7, 11) is 1.72. The summed E-state index contributed by atoms with van der Waals surface area (Å²) in [6, 6.07) is 7.65. The number of carbonyl (C=O) groups excluding carboxylic acids is 1. The van der Waals surface area contributed by atoms with Crippen LogP contribution in [0.3, 0.4) is 0 Å². The molecule has 1 unspecified atom stereocenters. The van der Waals surface area contributed by atoms with Gasteiger partial charge in [-0.3, -0.25) is 9.78 Å². The third kappa shape index (κ3) is 3.75. The first-order valence-corrected chi connectivity index (χ1v) is 9.46. The predicted molar refractivity (Wildman–Crippen MR) is 108 cm³/mol. The molecule has 0 radical (unpaired) electrons. The molecule has 0 spiro atoms. The molecule has 11 heteroatoms. The van der Waals surface area contributed by atoms with Gasteiger partial charge in [0.2, 0.25) is 5.91 Å². The molecular formula is C20H19F2N7O2. The highest BCUT2D eigenvalue weighted by Gasteiger charge is 2.32. The highest BCUT2D eigenvalue weighted by Crippen LogP contribution is 2.33. The van der Waals surface area contributed by atoms with Crippen molar-refractivity contribution < 1.29 is 13.6 Å². The molecule has 2 aromatic heterocycles.